The van der Waals surface area contributed by atoms with E-state index in [1.54, 1.807) is 5.57 Å². The fourth-order valence-corrected chi connectivity index (χ4v) is 3.64. The molecular weight excluding hydrogens is 204 g/mol. The highest BCUT2D eigenvalue weighted by Gasteiger charge is 2.25. The van der Waals surface area contributed by atoms with Crippen LogP contribution in [0.15, 0.2) is 11.6 Å². The predicted octanol–water partition coefficient (Wildman–Crippen LogP) is 5.44. The molecule has 0 heteroatoms. The molecule has 5 atom stereocenters. The van der Waals surface area contributed by atoms with Crippen LogP contribution in [0.5, 0.6) is 0 Å². The average Bonchev–Trinajstić information content (AvgIpc) is 2.29. The van der Waals surface area contributed by atoms with Crippen molar-refractivity contribution in [2.75, 3.05) is 0 Å². The van der Waals surface area contributed by atoms with E-state index >= 15 is 0 Å². The quantitative estimate of drug-likeness (QED) is 0.530. The van der Waals surface area contributed by atoms with Gasteiger partial charge in [0.25, 0.3) is 0 Å². The highest BCUT2D eigenvalue weighted by Crippen LogP contribution is 2.38. The average molecular weight is 234 g/mol. The molecule has 17 heavy (non-hydrogen) atoms. The minimum atomic E-state index is 0.900. The van der Waals surface area contributed by atoms with E-state index in [1.165, 1.54) is 38.5 Å². The molecule has 0 saturated heterocycles. The molecule has 0 spiro atoms. The van der Waals surface area contributed by atoms with E-state index in [0.29, 0.717) is 0 Å². The van der Waals surface area contributed by atoms with Crippen LogP contribution in [0.3, 0.4) is 0 Å². The summed E-state index contributed by atoms with van der Waals surface area (Å²) in [6.07, 6.45) is 11.2. The Morgan fingerprint density at radius 2 is 1.53 bits per heavy atom. The zero-order chi connectivity index (χ0) is 12.4. The van der Waals surface area contributed by atoms with Crippen LogP contribution in [0.4, 0.5) is 0 Å². The van der Waals surface area contributed by atoms with Crippen molar-refractivity contribution in [1.29, 1.82) is 0 Å². The molecule has 0 aromatic rings. The second-order valence-electron chi connectivity index (χ2n) is 7.05. The van der Waals surface area contributed by atoms with Gasteiger partial charge in [0, 0.05) is 0 Å². The van der Waals surface area contributed by atoms with Crippen molar-refractivity contribution in [2.24, 2.45) is 29.6 Å². The Kier molecular flexibility index (Phi) is 4.33. The Labute approximate surface area is 108 Å². The molecule has 0 N–H and O–H groups in total. The number of hydrogen-bond acceptors (Lipinski definition) is 0. The minimum Gasteiger partial charge on any atom is -0.0822 e. The van der Waals surface area contributed by atoms with E-state index in [4.69, 9.17) is 0 Å². The van der Waals surface area contributed by atoms with Gasteiger partial charge in [0.1, 0.15) is 0 Å². The molecule has 0 aromatic carbocycles. The SMILES string of the molecule is CC1CC/C(=C\C2CCC(C)C(C)C2)CC1C. The van der Waals surface area contributed by atoms with Gasteiger partial charge < -0.3 is 0 Å². The summed E-state index contributed by atoms with van der Waals surface area (Å²) >= 11 is 0. The van der Waals surface area contributed by atoms with Gasteiger partial charge in [-0.3, -0.25) is 0 Å². The first-order valence-electron chi connectivity index (χ1n) is 7.75. The lowest BCUT2D eigenvalue weighted by atomic mass is 9.73. The zero-order valence-corrected chi connectivity index (χ0v) is 12.2. The second-order valence-corrected chi connectivity index (χ2v) is 7.05. The second kappa shape index (κ2) is 5.59. The minimum absolute atomic E-state index is 0.900. The maximum Gasteiger partial charge on any atom is -0.0228 e. The van der Waals surface area contributed by atoms with Gasteiger partial charge in [-0.2, -0.15) is 0 Å². The number of allylic oxidation sites excluding steroid dienone is 2. The first kappa shape index (κ1) is 13.2. The van der Waals surface area contributed by atoms with Gasteiger partial charge in [0.15, 0.2) is 0 Å². The Bertz CT molecular complexity index is 276. The van der Waals surface area contributed by atoms with Gasteiger partial charge >= 0.3 is 0 Å². The Balaban J connectivity index is 1.91. The Morgan fingerprint density at radius 3 is 2.18 bits per heavy atom. The van der Waals surface area contributed by atoms with Crippen molar-refractivity contribution in [3.63, 3.8) is 0 Å². The van der Waals surface area contributed by atoms with Crippen molar-refractivity contribution in [3.05, 3.63) is 11.6 Å². The van der Waals surface area contributed by atoms with Crippen molar-refractivity contribution >= 4 is 0 Å². The monoisotopic (exact) mass is 234 g/mol. The van der Waals surface area contributed by atoms with Crippen LogP contribution in [0.2, 0.25) is 0 Å². The first-order valence-corrected chi connectivity index (χ1v) is 7.75. The Morgan fingerprint density at radius 1 is 0.824 bits per heavy atom. The summed E-state index contributed by atoms with van der Waals surface area (Å²) in [6.45, 7) is 9.73. The maximum absolute atomic E-state index is 2.67. The molecule has 2 aliphatic rings. The summed E-state index contributed by atoms with van der Waals surface area (Å²) in [4.78, 5) is 0. The van der Waals surface area contributed by atoms with E-state index in [0.717, 1.165) is 29.6 Å². The van der Waals surface area contributed by atoms with Crippen LogP contribution in [-0.2, 0) is 0 Å². The van der Waals surface area contributed by atoms with E-state index in [2.05, 4.69) is 33.8 Å². The van der Waals surface area contributed by atoms with Gasteiger partial charge in [-0.1, -0.05) is 39.3 Å². The zero-order valence-electron chi connectivity index (χ0n) is 12.2. The lowest BCUT2D eigenvalue weighted by Gasteiger charge is -2.33. The van der Waals surface area contributed by atoms with Crippen LogP contribution in [0, 0.1) is 29.6 Å². The van der Waals surface area contributed by atoms with Crippen molar-refractivity contribution in [2.45, 2.75) is 66.2 Å². The van der Waals surface area contributed by atoms with Crippen LogP contribution in [0.1, 0.15) is 66.2 Å². The number of rotatable bonds is 1. The molecule has 0 aromatic heterocycles. The third kappa shape index (κ3) is 3.36. The molecule has 0 nitrogen and oxygen atoms in total. The highest BCUT2D eigenvalue weighted by molar-refractivity contribution is 5.09. The molecule has 2 rings (SSSR count). The summed E-state index contributed by atoms with van der Waals surface area (Å²) < 4.78 is 0. The fourth-order valence-electron chi connectivity index (χ4n) is 3.64. The molecule has 2 fully saturated rings. The van der Waals surface area contributed by atoms with Crippen molar-refractivity contribution in [1.82, 2.24) is 0 Å². The van der Waals surface area contributed by atoms with E-state index in [1.807, 2.05) is 0 Å². The third-order valence-electron chi connectivity index (χ3n) is 5.59. The molecule has 0 aliphatic heterocycles. The molecule has 0 heterocycles. The van der Waals surface area contributed by atoms with E-state index in [9.17, 15) is 0 Å². The van der Waals surface area contributed by atoms with E-state index < -0.39 is 0 Å². The Hall–Kier alpha value is -0.260. The van der Waals surface area contributed by atoms with Crippen LogP contribution < -0.4 is 0 Å². The molecule has 5 unspecified atom stereocenters. The molecule has 0 radical (unpaired) electrons. The fraction of sp³-hybridized carbons (Fsp3) is 0.882. The molecule has 0 amide bonds. The molecule has 2 aliphatic carbocycles. The lowest BCUT2D eigenvalue weighted by molar-refractivity contribution is 0.234. The molecular formula is C17H30. The summed E-state index contributed by atoms with van der Waals surface area (Å²) in [7, 11) is 0. The molecule has 0 bridgehead atoms. The molecule has 98 valence electrons. The topological polar surface area (TPSA) is 0 Å². The summed E-state index contributed by atoms with van der Waals surface area (Å²) in [5.74, 6) is 4.64. The van der Waals surface area contributed by atoms with Crippen LogP contribution in [0.25, 0.3) is 0 Å². The smallest absolute Gasteiger partial charge is 0.0228 e. The van der Waals surface area contributed by atoms with E-state index in [-0.39, 0.29) is 0 Å². The number of hydrogen-bond donors (Lipinski definition) is 0. The van der Waals surface area contributed by atoms with Gasteiger partial charge in [-0.15, -0.1) is 0 Å². The van der Waals surface area contributed by atoms with Crippen molar-refractivity contribution in [3.8, 4) is 0 Å². The highest BCUT2D eigenvalue weighted by atomic mass is 14.3. The first-order chi connectivity index (χ1) is 8.06. The van der Waals surface area contributed by atoms with Crippen LogP contribution in [-0.4, -0.2) is 0 Å². The third-order valence-corrected chi connectivity index (χ3v) is 5.59. The van der Waals surface area contributed by atoms with Gasteiger partial charge in [0.05, 0.1) is 0 Å². The summed E-state index contributed by atoms with van der Waals surface area (Å²) in [5.41, 5.74) is 1.78. The lowest BCUT2D eigenvalue weighted by Crippen LogP contribution is -2.21. The van der Waals surface area contributed by atoms with Crippen LogP contribution >= 0.6 is 0 Å². The largest absolute Gasteiger partial charge is 0.0822 e. The molecule has 2 saturated carbocycles. The normalized spacial score (nSPS) is 46.1. The van der Waals surface area contributed by atoms with Gasteiger partial charge in [-0.25, -0.2) is 0 Å². The van der Waals surface area contributed by atoms with Gasteiger partial charge in [-0.05, 0) is 68.1 Å². The maximum atomic E-state index is 2.67. The summed E-state index contributed by atoms with van der Waals surface area (Å²) in [5, 5.41) is 0. The predicted molar refractivity (Wildman–Crippen MR) is 75.9 cm³/mol. The van der Waals surface area contributed by atoms with Gasteiger partial charge in [0.2, 0.25) is 0 Å². The summed E-state index contributed by atoms with van der Waals surface area (Å²) in [6, 6.07) is 0. The van der Waals surface area contributed by atoms with Crippen molar-refractivity contribution < 1.29 is 0 Å². The standard InChI is InChI=1S/C17H30/c1-12-5-7-16(9-14(12)3)11-17-8-6-13(2)15(4)10-17/h11-16H,5-10H2,1-4H3/b17-11+.